The second kappa shape index (κ2) is 10.8. The van der Waals surface area contributed by atoms with E-state index in [9.17, 15) is 14.0 Å². The molecule has 172 valence electrons. The first-order valence-corrected chi connectivity index (χ1v) is 12.4. The van der Waals surface area contributed by atoms with Gasteiger partial charge in [0.2, 0.25) is 11.8 Å². The number of benzene rings is 2. The molecule has 2 aromatic carbocycles. The number of hydrogen-bond donors (Lipinski definition) is 1. The predicted molar refractivity (Wildman–Crippen MR) is 131 cm³/mol. The van der Waals surface area contributed by atoms with Crippen LogP contribution in [0.15, 0.2) is 65.4 Å². The zero-order valence-electron chi connectivity index (χ0n) is 18.8. The van der Waals surface area contributed by atoms with Gasteiger partial charge in [0.25, 0.3) is 0 Å². The molecule has 1 unspecified atom stereocenters. The van der Waals surface area contributed by atoms with Gasteiger partial charge >= 0.3 is 0 Å². The zero-order chi connectivity index (χ0) is 23.2. The van der Waals surface area contributed by atoms with Crippen molar-refractivity contribution in [3.05, 3.63) is 87.9 Å². The van der Waals surface area contributed by atoms with Crippen LogP contribution in [0.25, 0.3) is 0 Å². The van der Waals surface area contributed by atoms with Crippen LogP contribution in [0, 0.1) is 12.7 Å². The summed E-state index contributed by atoms with van der Waals surface area (Å²) in [6.45, 7) is 1.96. The summed E-state index contributed by atoms with van der Waals surface area (Å²) in [4.78, 5) is 29.0. The number of thiophene rings is 1. The van der Waals surface area contributed by atoms with Crippen molar-refractivity contribution in [2.45, 2.75) is 57.5 Å². The lowest BCUT2D eigenvalue weighted by atomic mass is 9.94. The molecule has 4 rings (SSSR count). The van der Waals surface area contributed by atoms with Crippen molar-refractivity contribution in [3.8, 4) is 0 Å². The Bertz CT molecular complexity index is 1080. The van der Waals surface area contributed by atoms with E-state index in [-0.39, 0.29) is 30.1 Å². The van der Waals surface area contributed by atoms with Gasteiger partial charge in [-0.15, -0.1) is 0 Å². The molecule has 1 N–H and O–H groups in total. The monoisotopic (exact) mass is 464 g/mol. The van der Waals surface area contributed by atoms with Crippen molar-refractivity contribution in [2.75, 3.05) is 4.90 Å². The van der Waals surface area contributed by atoms with E-state index in [4.69, 9.17) is 0 Å². The quantitative estimate of drug-likeness (QED) is 0.469. The minimum atomic E-state index is -0.888. The van der Waals surface area contributed by atoms with Crippen LogP contribution in [0.2, 0.25) is 0 Å². The molecule has 0 saturated heterocycles. The highest BCUT2D eigenvalue weighted by atomic mass is 32.1. The highest BCUT2D eigenvalue weighted by molar-refractivity contribution is 7.08. The number of amides is 2. The maximum Gasteiger partial charge on any atom is 0.248 e. The summed E-state index contributed by atoms with van der Waals surface area (Å²) in [6.07, 6.45) is 5.42. The fraction of sp³-hybridized carbons (Fsp3) is 0.333. The number of anilines is 1. The molecule has 3 aromatic rings. The third-order valence-electron chi connectivity index (χ3n) is 6.13. The maximum atomic E-state index is 13.7. The molecule has 0 radical (unpaired) electrons. The fourth-order valence-corrected chi connectivity index (χ4v) is 5.13. The fourth-order valence-electron chi connectivity index (χ4n) is 4.46. The summed E-state index contributed by atoms with van der Waals surface area (Å²) in [7, 11) is 0. The summed E-state index contributed by atoms with van der Waals surface area (Å²) in [5, 5.41) is 7.07. The van der Waals surface area contributed by atoms with E-state index in [1.165, 1.54) is 29.9 Å². The average molecular weight is 465 g/mol. The Balaban J connectivity index is 1.74. The number of rotatable bonds is 7. The largest absolute Gasteiger partial charge is 0.351 e. The van der Waals surface area contributed by atoms with Crippen LogP contribution in [-0.2, 0) is 16.0 Å². The van der Waals surface area contributed by atoms with E-state index in [0.29, 0.717) is 11.3 Å². The number of nitrogens with zero attached hydrogens (tertiary/aromatic N) is 1. The predicted octanol–water partition coefficient (Wildman–Crippen LogP) is 5.96. The molecule has 1 heterocycles. The number of halogens is 1. The second-order valence-electron chi connectivity index (χ2n) is 8.71. The topological polar surface area (TPSA) is 49.4 Å². The van der Waals surface area contributed by atoms with Gasteiger partial charge in [0, 0.05) is 11.7 Å². The highest BCUT2D eigenvalue weighted by Gasteiger charge is 2.34. The molecule has 6 heteroatoms. The van der Waals surface area contributed by atoms with Gasteiger partial charge in [-0.25, -0.2) is 4.39 Å². The van der Waals surface area contributed by atoms with Crippen LogP contribution in [0.1, 0.15) is 54.8 Å². The van der Waals surface area contributed by atoms with Gasteiger partial charge in [-0.05, 0) is 77.5 Å². The summed E-state index contributed by atoms with van der Waals surface area (Å²) in [6, 6.07) is 14.6. The third-order valence-corrected chi connectivity index (χ3v) is 6.86. The molecule has 0 bridgehead atoms. The van der Waals surface area contributed by atoms with E-state index < -0.39 is 6.04 Å². The van der Waals surface area contributed by atoms with Gasteiger partial charge in [0.1, 0.15) is 11.9 Å². The van der Waals surface area contributed by atoms with E-state index in [1.807, 2.05) is 48.0 Å². The molecule has 1 fully saturated rings. The zero-order valence-corrected chi connectivity index (χ0v) is 19.6. The number of nitrogens with one attached hydrogen (secondary N) is 1. The number of carbonyl (C=O) groups excluding carboxylic acids is 2. The molecule has 1 atom stereocenters. The van der Waals surface area contributed by atoms with Gasteiger partial charge in [-0.2, -0.15) is 11.3 Å². The molecule has 1 aliphatic carbocycles. The van der Waals surface area contributed by atoms with Gasteiger partial charge in [-0.1, -0.05) is 43.5 Å². The third kappa shape index (κ3) is 5.88. The van der Waals surface area contributed by atoms with Crippen LogP contribution in [0.5, 0.6) is 0 Å². The molecule has 2 amide bonds. The van der Waals surface area contributed by atoms with Crippen molar-refractivity contribution in [2.24, 2.45) is 0 Å². The minimum Gasteiger partial charge on any atom is -0.351 e. The Labute approximate surface area is 198 Å². The van der Waals surface area contributed by atoms with Gasteiger partial charge in [0.05, 0.1) is 6.42 Å². The molecule has 33 heavy (non-hydrogen) atoms. The summed E-state index contributed by atoms with van der Waals surface area (Å²) >= 11 is 1.54. The molecule has 1 saturated carbocycles. The Kier molecular flexibility index (Phi) is 7.55. The highest BCUT2D eigenvalue weighted by Crippen LogP contribution is 2.31. The first-order chi connectivity index (χ1) is 16.0. The lowest BCUT2D eigenvalue weighted by molar-refractivity contribution is -0.127. The van der Waals surface area contributed by atoms with Crippen molar-refractivity contribution in [1.29, 1.82) is 0 Å². The second-order valence-corrected chi connectivity index (χ2v) is 9.49. The van der Waals surface area contributed by atoms with E-state index >= 15 is 0 Å². The first kappa shape index (κ1) is 23.2. The molecular weight excluding hydrogens is 435 g/mol. The van der Waals surface area contributed by atoms with Gasteiger partial charge < -0.3 is 5.32 Å². The van der Waals surface area contributed by atoms with E-state index in [2.05, 4.69) is 5.32 Å². The van der Waals surface area contributed by atoms with Gasteiger partial charge in [0.15, 0.2) is 0 Å². The smallest absolute Gasteiger partial charge is 0.248 e. The average Bonchev–Trinajstić information content (AvgIpc) is 3.31. The summed E-state index contributed by atoms with van der Waals surface area (Å²) < 4.78 is 13.7. The van der Waals surface area contributed by atoms with Crippen LogP contribution >= 0.6 is 11.3 Å². The van der Waals surface area contributed by atoms with Crippen molar-refractivity contribution < 1.29 is 14.0 Å². The Morgan fingerprint density at radius 3 is 2.52 bits per heavy atom. The van der Waals surface area contributed by atoms with Crippen LogP contribution < -0.4 is 10.2 Å². The standard InChI is InChI=1S/C27H29FN2O2S/c1-19-6-5-9-24(16-19)30(25(31)17-20-14-15-33-18-20)26(21-10-12-22(28)13-11-21)27(32)29-23-7-3-2-4-8-23/h5-6,9-16,18,23,26H,2-4,7-8,17H2,1H3,(H,29,32). The first-order valence-electron chi connectivity index (χ1n) is 11.5. The van der Waals surface area contributed by atoms with Crippen molar-refractivity contribution >= 4 is 28.8 Å². The normalized spacial score (nSPS) is 15.1. The molecule has 0 spiro atoms. The van der Waals surface area contributed by atoms with Crippen molar-refractivity contribution in [1.82, 2.24) is 5.32 Å². The Morgan fingerprint density at radius 2 is 1.85 bits per heavy atom. The van der Waals surface area contributed by atoms with Gasteiger partial charge in [-0.3, -0.25) is 14.5 Å². The Hall–Kier alpha value is -2.99. The molecule has 4 nitrogen and oxygen atoms in total. The SMILES string of the molecule is Cc1cccc(N(C(=O)Cc2ccsc2)C(C(=O)NC2CCCCC2)c2ccc(F)cc2)c1. The maximum absolute atomic E-state index is 13.7. The van der Waals surface area contributed by atoms with Crippen LogP contribution in [0.4, 0.5) is 10.1 Å². The minimum absolute atomic E-state index is 0.0977. The Morgan fingerprint density at radius 1 is 1.09 bits per heavy atom. The molecule has 1 aromatic heterocycles. The molecular formula is C27H29FN2O2S. The molecule has 1 aliphatic rings. The lowest BCUT2D eigenvalue weighted by Gasteiger charge is -2.33. The summed E-state index contributed by atoms with van der Waals surface area (Å²) in [5.41, 5.74) is 3.15. The number of hydrogen-bond acceptors (Lipinski definition) is 3. The number of carbonyl (C=O) groups is 2. The van der Waals surface area contributed by atoms with Crippen molar-refractivity contribution in [3.63, 3.8) is 0 Å². The van der Waals surface area contributed by atoms with Crippen LogP contribution in [-0.4, -0.2) is 17.9 Å². The van der Waals surface area contributed by atoms with E-state index in [0.717, 1.165) is 36.8 Å². The lowest BCUT2D eigenvalue weighted by Crippen LogP contribution is -2.47. The van der Waals surface area contributed by atoms with E-state index in [1.54, 1.807) is 17.0 Å². The molecule has 0 aliphatic heterocycles. The summed E-state index contributed by atoms with van der Waals surface area (Å²) in [5.74, 6) is -0.780. The number of aryl methyl sites for hydroxylation is 1. The van der Waals surface area contributed by atoms with Crippen LogP contribution in [0.3, 0.4) is 0 Å².